The second kappa shape index (κ2) is 15.8. The van der Waals surface area contributed by atoms with Gasteiger partial charge in [0, 0.05) is 25.2 Å². The number of sulfonamides is 1. The molecule has 4 rings (SSSR count). The maximum Gasteiger partial charge on any atom is 0.265 e. The van der Waals surface area contributed by atoms with Crippen LogP contribution in [0.2, 0.25) is 0 Å². The third-order valence-corrected chi connectivity index (χ3v) is 8.65. The Bertz CT molecular complexity index is 1640. The monoisotopic (exact) mass is 656 g/mol. The zero-order chi connectivity index (χ0) is 33.1. The van der Waals surface area contributed by atoms with Gasteiger partial charge in [-0.2, -0.15) is 5.10 Å². The van der Waals surface area contributed by atoms with Crippen LogP contribution >= 0.6 is 0 Å². The second-order valence-corrected chi connectivity index (χ2v) is 11.6. The number of anilines is 1. The minimum absolute atomic E-state index is 0.0680. The molecule has 0 radical (unpaired) electrons. The zero-order valence-corrected chi connectivity index (χ0v) is 26.7. The average Bonchev–Trinajstić information content (AvgIpc) is 3.09. The van der Waals surface area contributed by atoms with Crippen molar-refractivity contribution in [2.75, 3.05) is 72.2 Å². The number of hydrogen-bond donors (Lipinski definition) is 1. The summed E-state index contributed by atoms with van der Waals surface area (Å²) in [5.41, 5.74) is 3.06. The molecule has 0 atom stereocenters. The minimum atomic E-state index is -4.36. The van der Waals surface area contributed by atoms with E-state index in [1.165, 1.54) is 65.0 Å². The Balaban J connectivity index is 1.48. The van der Waals surface area contributed by atoms with Crippen molar-refractivity contribution in [3.63, 3.8) is 0 Å². The average molecular weight is 657 g/mol. The number of nitrogens with one attached hydrogen (secondary N) is 1. The summed E-state index contributed by atoms with van der Waals surface area (Å²) in [6.07, 6.45) is 1.39. The van der Waals surface area contributed by atoms with E-state index in [2.05, 4.69) is 10.5 Å². The highest BCUT2D eigenvalue weighted by Crippen LogP contribution is 2.37. The molecule has 0 aromatic heterocycles. The van der Waals surface area contributed by atoms with E-state index in [4.69, 9.17) is 28.4 Å². The third kappa shape index (κ3) is 8.37. The molecule has 0 unspecified atom stereocenters. The van der Waals surface area contributed by atoms with Crippen LogP contribution in [-0.2, 0) is 24.3 Å². The highest BCUT2D eigenvalue weighted by atomic mass is 32.2. The zero-order valence-electron chi connectivity index (χ0n) is 25.9. The van der Waals surface area contributed by atoms with E-state index >= 15 is 0 Å². The first-order chi connectivity index (χ1) is 22.2. The van der Waals surface area contributed by atoms with Crippen LogP contribution in [0.4, 0.5) is 5.69 Å². The summed E-state index contributed by atoms with van der Waals surface area (Å²) in [6.45, 7) is 1.35. The lowest BCUT2D eigenvalue weighted by Gasteiger charge is -2.26. The minimum Gasteiger partial charge on any atom is -0.497 e. The summed E-state index contributed by atoms with van der Waals surface area (Å²) >= 11 is 0. The number of nitrogens with zero attached hydrogens (tertiary/aromatic N) is 3. The lowest BCUT2D eigenvalue weighted by atomic mass is 10.2. The van der Waals surface area contributed by atoms with Gasteiger partial charge in [0.1, 0.15) is 23.8 Å². The summed E-state index contributed by atoms with van der Waals surface area (Å²) < 4.78 is 61.0. The SMILES string of the molecule is COc1ccc(OC)c(N(CC(=O)N/N=C\c2ccc(OCC(=O)N3CCOCC3)cc2)S(=O)(=O)c2ccc(OC)c(OC)c2)c1. The van der Waals surface area contributed by atoms with Crippen molar-refractivity contribution in [2.24, 2.45) is 5.10 Å². The number of rotatable bonds is 14. The lowest BCUT2D eigenvalue weighted by molar-refractivity contribution is -0.137. The number of amides is 2. The molecule has 1 aliphatic heterocycles. The summed E-state index contributed by atoms with van der Waals surface area (Å²) in [4.78, 5) is 26.9. The number of methoxy groups -OCH3 is 4. The van der Waals surface area contributed by atoms with Crippen molar-refractivity contribution in [1.29, 1.82) is 0 Å². The highest BCUT2D eigenvalue weighted by Gasteiger charge is 2.31. The standard InChI is InChI=1S/C31H36N4O10S/c1-40-24-9-11-27(41-2)26(17-24)35(46(38,39)25-10-12-28(42-3)29(18-25)43-4)20-30(36)33-32-19-22-5-7-23(8-6-22)45-21-31(37)34-13-15-44-16-14-34/h5-12,17-19H,13-16,20-21H2,1-4H3,(H,33,36)/b32-19-. The molecule has 0 saturated carbocycles. The van der Waals surface area contributed by atoms with Gasteiger partial charge in [0.2, 0.25) is 0 Å². The Morgan fingerprint density at radius 1 is 0.870 bits per heavy atom. The Labute approximate surface area is 267 Å². The van der Waals surface area contributed by atoms with Crippen molar-refractivity contribution in [3.8, 4) is 28.7 Å². The first-order valence-corrected chi connectivity index (χ1v) is 15.5. The third-order valence-electron chi connectivity index (χ3n) is 6.89. The Kier molecular flexibility index (Phi) is 11.6. The number of hydrazone groups is 1. The van der Waals surface area contributed by atoms with Crippen LogP contribution in [0.5, 0.6) is 28.7 Å². The van der Waals surface area contributed by atoms with Crippen molar-refractivity contribution < 1.29 is 46.4 Å². The molecule has 15 heteroatoms. The molecular formula is C31H36N4O10S. The molecule has 1 saturated heterocycles. The summed E-state index contributed by atoms with van der Waals surface area (Å²) in [6, 6.07) is 15.4. The van der Waals surface area contributed by atoms with E-state index in [0.717, 1.165) is 4.31 Å². The van der Waals surface area contributed by atoms with Gasteiger partial charge in [0.05, 0.1) is 58.5 Å². The predicted octanol–water partition coefficient (Wildman–Crippen LogP) is 2.30. The molecule has 3 aromatic rings. The molecule has 14 nitrogen and oxygen atoms in total. The molecule has 1 N–H and O–H groups in total. The van der Waals surface area contributed by atoms with Crippen LogP contribution in [0.25, 0.3) is 0 Å². The van der Waals surface area contributed by atoms with Gasteiger partial charge in [-0.25, -0.2) is 13.8 Å². The first kappa shape index (κ1) is 33.9. The first-order valence-electron chi connectivity index (χ1n) is 14.1. The van der Waals surface area contributed by atoms with Crippen molar-refractivity contribution >= 4 is 33.7 Å². The fraction of sp³-hybridized carbons (Fsp3) is 0.323. The van der Waals surface area contributed by atoms with Crippen LogP contribution in [0.1, 0.15) is 5.56 Å². The van der Waals surface area contributed by atoms with Crippen LogP contribution in [0, 0.1) is 0 Å². The molecule has 0 bridgehead atoms. The number of morpholine rings is 1. The summed E-state index contributed by atoms with van der Waals surface area (Å²) in [5.74, 6) is 0.702. The lowest BCUT2D eigenvalue weighted by Crippen LogP contribution is -2.42. The molecule has 0 aliphatic carbocycles. The Morgan fingerprint density at radius 3 is 2.17 bits per heavy atom. The van der Waals surface area contributed by atoms with Crippen molar-refractivity contribution in [2.45, 2.75) is 4.90 Å². The molecule has 1 aliphatic rings. The number of benzene rings is 3. The normalized spacial score (nSPS) is 13.2. The van der Waals surface area contributed by atoms with Gasteiger partial charge in [-0.3, -0.25) is 13.9 Å². The van der Waals surface area contributed by atoms with E-state index in [9.17, 15) is 18.0 Å². The molecule has 246 valence electrons. The van der Waals surface area contributed by atoms with E-state index in [1.54, 1.807) is 35.2 Å². The fourth-order valence-electron chi connectivity index (χ4n) is 4.44. The predicted molar refractivity (Wildman–Crippen MR) is 169 cm³/mol. The molecular weight excluding hydrogens is 620 g/mol. The number of carbonyl (C=O) groups is 2. The number of hydrogen-bond acceptors (Lipinski definition) is 11. The van der Waals surface area contributed by atoms with Gasteiger partial charge >= 0.3 is 0 Å². The number of carbonyl (C=O) groups excluding carboxylic acids is 2. The molecule has 1 fully saturated rings. The van der Waals surface area contributed by atoms with E-state index in [0.29, 0.717) is 49.1 Å². The summed E-state index contributed by atoms with van der Waals surface area (Å²) in [7, 11) is 1.27. The van der Waals surface area contributed by atoms with Gasteiger partial charge < -0.3 is 33.3 Å². The van der Waals surface area contributed by atoms with Gasteiger partial charge in [0.15, 0.2) is 18.1 Å². The summed E-state index contributed by atoms with van der Waals surface area (Å²) in [5, 5.41) is 3.98. The van der Waals surface area contributed by atoms with Gasteiger partial charge in [0.25, 0.3) is 21.8 Å². The van der Waals surface area contributed by atoms with Crippen LogP contribution in [0.15, 0.2) is 70.7 Å². The molecule has 3 aromatic carbocycles. The van der Waals surface area contributed by atoms with Crippen LogP contribution < -0.4 is 33.4 Å². The number of ether oxygens (including phenoxy) is 6. The molecule has 46 heavy (non-hydrogen) atoms. The van der Waals surface area contributed by atoms with Crippen molar-refractivity contribution in [3.05, 3.63) is 66.2 Å². The maximum atomic E-state index is 14.0. The Hall–Kier alpha value is -5.02. The topological polar surface area (TPSA) is 155 Å². The highest BCUT2D eigenvalue weighted by molar-refractivity contribution is 7.92. The molecule has 2 amide bonds. The van der Waals surface area contributed by atoms with E-state index in [-0.39, 0.29) is 34.6 Å². The quantitative estimate of drug-likeness (QED) is 0.202. The van der Waals surface area contributed by atoms with Crippen LogP contribution in [-0.4, -0.2) is 99.2 Å². The van der Waals surface area contributed by atoms with Gasteiger partial charge in [-0.1, -0.05) is 0 Å². The molecule has 0 spiro atoms. The maximum absolute atomic E-state index is 14.0. The smallest absolute Gasteiger partial charge is 0.265 e. The largest absolute Gasteiger partial charge is 0.497 e. The van der Waals surface area contributed by atoms with E-state index in [1.807, 2.05) is 0 Å². The molecule has 1 heterocycles. The Morgan fingerprint density at radius 2 is 1.52 bits per heavy atom. The second-order valence-electron chi connectivity index (χ2n) is 9.71. The van der Waals surface area contributed by atoms with Crippen molar-refractivity contribution in [1.82, 2.24) is 10.3 Å². The van der Waals surface area contributed by atoms with Crippen LogP contribution in [0.3, 0.4) is 0 Å². The fourth-order valence-corrected chi connectivity index (χ4v) is 5.88. The van der Waals surface area contributed by atoms with Gasteiger partial charge in [-0.15, -0.1) is 0 Å². The van der Waals surface area contributed by atoms with E-state index < -0.39 is 22.5 Å². The van der Waals surface area contributed by atoms with Gasteiger partial charge in [-0.05, 0) is 54.1 Å².